The number of aliphatic hydroxyl groups is 1. The zero-order chi connectivity index (χ0) is 21.4. The lowest BCUT2D eigenvalue weighted by molar-refractivity contribution is -0.138. The van der Waals surface area contributed by atoms with Crippen LogP contribution in [0.2, 0.25) is 0 Å². The maximum atomic E-state index is 12.9. The van der Waals surface area contributed by atoms with Crippen molar-refractivity contribution in [3.8, 4) is 0 Å². The highest BCUT2D eigenvalue weighted by Gasteiger charge is 2.31. The number of hydrogen-bond donors (Lipinski definition) is 3. The second-order valence-electron chi connectivity index (χ2n) is 8.84. The summed E-state index contributed by atoms with van der Waals surface area (Å²) in [4.78, 5) is 35.3. The van der Waals surface area contributed by atoms with E-state index in [1.165, 1.54) is 0 Å². The van der Waals surface area contributed by atoms with Gasteiger partial charge in [0.1, 0.15) is 6.23 Å². The normalized spacial score (nSPS) is 27.2. The Morgan fingerprint density at radius 1 is 1.10 bits per heavy atom. The Bertz CT molecular complexity index is 1020. The lowest BCUT2D eigenvalue weighted by Crippen LogP contribution is -2.47. The maximum Gasteiger partial charge on any atom is 0.329 e. The maximum absolute atomic E-state index is 12.9. The predicted octanol–water partition coefficient (Wildman–Crippen LogP) is 1.93. The molecular weight excluding hydrogens is 386 g/mol. The fourth-order valence-corrected chi connectivity index (χ4v) is 5.12. The van der Waals surface area contributed by atoms with E-state index in [1.807, 2.05) is 18.2 Å². The van der Waals surface area contributed by atoms with Crippen molar-refractivity contribution in [3.05, 3.63) is 34.2 Å². The molecule has 8 nitrogen and oxygen atoms in total. The molecular formula is C22H29N3O5. The van der Waals surface area contributed by atoms with E-state index in [0.29, 0.717) is 18.3 Å². The molecule has 0 bridgehead atoms. The Morgan fingerprint density at radius 2 is 1.80 bits per heavy atom. The molecule has 1 aliphatic heterocycles. The van der Waals surface area contributed by atoms with Gasteiger partial charge < -0.3 is 15.5 Å². The number of hydrogen-bond acceptors (Lipinski definition) is 4. The first-order chi connectivity index (χ1) is 14.3. The number of imidazole rings is 1. The number of fused-ring (bicyclic) bond motifs is 1. The predicted molar refractivity (Wildman–Crippen MR) is 111 cm³/mol. The number of carbonyl (C=O) groups is 2. The average molecular weight is 415 g/mol. The Morgan fingerprint density at radius 3 is 2.47 bits per heavy atom. The van der Waals surface area contributed by atoms with Gasteiger partial charge in [0, 0.05) is 19.9 Å². The molecule has 162 valence electrons. The van der Waals surface area contributed by atoms with Gasteiger partial charge in [0.2, 0.25) is 5.91 Å². The van der Waals surface area contributed by atoms with Gasteiger partial charge in [-0.3, -0.25) is 18.7 Å². The third-order valence-corrected chi connectivity index (χ3v) is 6.78. The van der Waals surface area contributed by atoms with Crippen LogP contribution in [0.15, 0.2) is 23.0 Å². The SMILES string of the molecule is Cn1c(=O)n(C2CCC(=O)NC2O)c2ccc(C[C@H]3CC[C@@H](CC(=O)O)CC3)cc21. The number of benzene rings is 1. The minimum absolute atomic E-state index is 0.198. The molecule has 2 heterocycles. The van der Waals surface area contributed by atoms with Crippen LogP contribution in [0.25, 0.3) is 11.0 Å². The number of amides is 1. The van der Waals surface area contributed by atoms with Gasteiger partial charge in [-0.2, -0.15) is 0 Å². The fraction of sp³-hybridized carbons (Fsp3) is 0.591. The highest BCUT2D eigenvalue weighted by atomic mass is 16.4. The van der Waals surface area contributed by atoms with Crippen LogP contribution in [0.4, 0.5) is 0 Å². The molecule has 8 heteroatoms. The average Bonchev–Trinajstić information content (AvgIpc) is 2.94. The molecule has 2 fully saturated rings. The van der Waals surface area contributed by atoms with Crippen molar-refractivity contribution >= 4 is 22.9 Å². The number of aromatic nitrogens is 2. The third-order valence-electron chi connectivity index (χ3n) is 6.78. The molecule has 0 radical (unpaired) electrons. The van der Waals surface area contributed by atoms with Gasteiger partial charge in [-0.15, -0.1) is 0 Å². The summed E-state index contributed by atoms with van der Waals surface area (Å²) in [5.41, 5.74) is 2.55. The van der Waals surface area contributed by atoms with Crippen molar-refractivity contribution < 1.29 is 19.8 Å². The number of aliphatic carboxylic acids is 1. The number of rotatable bonds is 5. The molecule has 1 aromatic heterocycles. The van der Waals surface area contributed by atoms with Gasteiger partial charge in [-0.25, -0.2) is 4.79 Å². The molecule has 2 aliphatic rings. The number of aliphatic hydroxyl groups excluding tert-OH is 1. The van der Waals surface area contributed by atoms with Crippen LogP contribution < -0.4 is 11.0 Å². The van der Waals surface area contributed by atoms with E-state index in [4.69, 9.17) is 5.11 Å². The molecule has 30 heavy (non-hydrogen) atoms. The van der Waals surface area contributed by atoms with Crippen molar-refractivity contribution in [1.29, 1.82) is 0 Å². The number of carboxylic acid groups (broad SMARTS) is 1. The minimum atomic E-state index is -1.07. The summed E-state index contributed by atoms with van der Waals surface area (Å²) in [6.45, 7) is 0. The molecule has 2 atom stereocenters. The number of nitrogens with zero attached hydrogens (tertiary/aromatic N) is 2. The molecule has 2 aromatic rings. The first-order valence-corrected chi connectivity index (χ1v) is 10.7. The zero-order valence-corrected chi connectivity index (χ0v) is 17.2. The minimum Gasteiger partial charge on any atom is -0.481 e. The highest BCUT2D eigenvalue weighted by Crippen LogP contribution is 2.33. The van der Waals surface area contributed by atoms with E-state index in [-0.39, 0.29) is 24.4 Å². The molecule has 1 aromatic carbocycles. The Balaban J connectivity index is 1.53. The standard InChI is InChI=1S/C22H29N3O5/c1-24-18-11-15(10-13-2-4-14(5-3-13)12-20(27)28)6-7-16(18)25(22(24)30)17-8-9-19(26)23-21(17)29/h6-7,11,13-14,17,21,29H,2-5,8-10,12H2,1H3,(H,23,26)(H,27,28)/t13-,14+,17?,21?. The van der Waals surface area contributed by atoms with E-state index >= 15 is 0 Å². The summed E-state index contributed by atoms with van der Waals surface area (Å²) in [5.74, 6) is -0.0927. The number of aryl methyl sites for hydroxylation is 1. The highest BCUT2D eigenvalue weighted by molar-refractivity contribution is 5.79. The van der Waals surface area contributed by atoms with Crippen LogP contribution in [0.5, 0.6) is 0 Å². The van der Waals surface area contributed by atoms with E-state index in [1.54, 1.807) is 16.2 Å². The summed E-state index contributed by atoms with van der Waals surface area (Å²) in [5, 5.41) is 21.8. The van der Waals surface area contributed by atoms with Crippen molar-refractivity contribution in [2.24, 2.45) is 18.9 Å². The van der Waals surface area contributed by atoms with Crippen LogP contribution in [0.1, 0.15) is 56.6 Å². The van der Waals surface area contributed by atoms with Crippen molar-refractivity contribution in [2.45, 2.75) is 63.6 Å². The summed E-state index contributed by atoms with van der Waals surface area (Å²) in [6.07, 6.45) is 4.79. The van der Waals surface area contributed by atoms with Gasteiger partial charge in [0.05, 0.1) is 17.1 Å². The lowest BCUT2D eigenvalue weighted by atomic mass is 9.78. The number of carboxylic acids is 1. The Labute approximate surface area is 174 Å². The molecule has 0 spiro atoms. The van der Waals surface area contributed by atoms with Crippen LogP contribution >= 0.6 is 0 Å². The molecule has 4 rings (SSSR count). The zero-order valence-electron chi connectivity index (χ0n) is 17.2. The Kier molecular flexibility index (Phi) is 5.69. The third kappa shape index (κ3) is 4.01. The second-order valence-corrected chi connectivity index (χ2v) is 8.84. The van der Waals surface area contributed by atoms with Crippen molar-refractivity contribution in [3.63, 3.8) is 0 Å². The largest absolute Gasteiger partial charge is 0.481 e. The van der Waals surface area contributed by atoms with Crippen LogP contribution in [0, 0.1) is 11.8 Å². The van der Waals surface area contributed by atoms with Crippen molar-refractivity contribution in [2.75, 3.05) is 0 Å². The number of nitrogens with one attached hydrogen (secondary N) is 1. The van der Waals surface area contributed by atoms with Crippen LogP contribution in [0.3, 0.4) is 0 Å². The molecule has 1 amide bonds. The molecule has 2 unspecified atom stereocenters. The monoisotopic (exact) mass is 415 g/mol. The van der Waals surface area contributed by atoms with Gasteiger partial charge in [0.25, 0.3) is 0 Å². The molecule has 1 saturated heterocycles. The lowest BCUT2D eigenvalue weighted by Gasteiger charge is -2.29. The van der Waals surface area contributed by atoms with Gasteiger partial charge >= 0.3 is 11.7 Å². The van der Waals surface area contributed by atoms with Gasteiger partial charge in [0.15, 0.2) is 0 Å². The van der Waals surface area contributed by atoms with Gasteiger partial charge in [-0.05, 0) is 68.1 Å². The first-order valence-electron chi connectivity index (χ1n) is 10.7. The summed E-state index contributed by atoms with van der Waals surface area (Å²) < 4.78 is 3.20. The fourth-order valence-electron chi connectivity index (χ4n) is 5.12. The molecule has 3 N–H and O–H groups in total. The number of carbonyl (C=O) groups excluding carboxylic acids is 1. The van der Waals surface area contributed by atoms with Crippen LogP contribution in [-0.4, -0.2) is 37.5 Å². The summed E-state index contributed by atoms with van der Waals surface area (Å²) in [6, 6.07) is 5.54. The number of piperidine rings is 1. The smallest absolute Gasteiger partial charge is 0.329 e. The quantitative estimate of drug-likeness (QED) is 0.691. The van der Waals surface area contributed by atoms with Crippen molar-refractivity contribution in [1.82, 2.24) is 14.5 Å². The summed E-state index contributed by atoms with van der Waals surface area (Å²) >= 11 is 0. The van der Waals surface area contributed by atoms with E-state index in [0.717, 1.165) is 48.7 Å². The summed E-state index contributed by atoms with van der Waals surface area (Å²) in [7, 11) is 1.73. The van der Waals surface area contributed by atoms with Crippen LogP contribution in [-0.2, 0) is 23.1 Å². The molecule has 1 aliphatic carbocycles. The van der Waals surface area contributed by atoms with Gasteiger partial charge in [-0.1, -0.05) is 6.07 Å². The topological polar surface area (TPSA) is 114 Å². The Hall–Kier alpha value is -2.61. The van der Waals surface area contributed by atoms with E-state index < -0.39 is 18.2 Å². The molecule has 1 saturated carbocycles. The van der Waals surface area contributed by atoms with E-state index in [9.17, 15) is 19.5 Å². The first kappa shape index (κ1) is 20.7. The van der Waals surface area contributed by atoms with E-state index in [2.05, 4.69) is 5.32 Å². The second kappa shape index (κ2) is 8.26.